The molecular weight excluding hydrogens is 432 g/mol. The Kier molecular flexibility index (Phi) is 6.87. The third kappa shape index (κ3) is 5.53. The first-order chi connectivity index (χ1) is 15.4. The first kappa shape index (κ1) is 22.4. The van der Waals surface area contributed by atoms with Crippen LogP contribution in [0.1, 0.15) is 39.0 Å². The number of hydrogen-bond donors (Lipinski definition) is 4. The molecule has 3 aromatic rings. The number of rotatable bonds is 9. The van der Waals surface area contributed by atoms with Crippen molar-refractivity contribution < 1.29 is 18.3 Å². The van der Waals surface area contributed by atoms with Crippen LogP contribution in [0, 0.1) is 5.92 Å². The van der Waals surface area contributed by atoms with Crippen molar-refractivity contribution >= 4 is 32.8 Å². The van der Waals surface area contributed by atoms with Crippen molar-refractivity contribution in [3.05, 3.63) is 30.6 Å². The highest BCUT2D eigenvalue weighted by molar-refractivity contribution is 7.89. The van der Waals surface area contributed by atoms with E-state index in [2.05, 4.69) is 30.0 Å². The van der Waals surface area contributed by atoms with Crippen LogP contribution in [0.5, 0.6) is 5.88 Å². The molecule has 1 aromatic carbocycles. The molecule has 1 aliphatic carbocycles. The number of nitrogens with one attached hydrogen (secondary N) is 3. The van der Waals surface area contributed by atoms with E-state index >= 15 is 0 Å². The minimum absolute atomic E-state index is 0.0521. The lowest BCUT2D eigenvalue weighted by molar-refractivity contribution is 0.198. The van der Waals surface area contributed by atoms with E-state index in [1.54, 1.807) is 18.5 Å². The zero-order valence-electron chi connectivity index (χ0n) is 17.9. The Morgan fingerprint density at radius 3 is 2.66 bits per heavy atom. The second-order valence-electron chi connectivity index (χ2n) is 8.12. The lowest BCUT2D eigenvalue weighted by atomic mass is 9.90. The number of ether oxygens (including phenoxy) is 1. The Morgan fingerprint density at radius 1 is 1.19 bits per heavy atom. The van der Waals surface area contributed by atoms with Gasteiger partial charge in [-0.25, -0.2) is 18.1 Å². The molecule has 1 unspecified atom stereocenters. The van der Waals surface area contributed by atoms with Crippen molar-refractivity contribution in [1.82, 2.24) is 24.7 Å². The first-order valence-corrected chi connectivity index (χ1v) is 12.3. The second-order valence-corrected chi connectivity index (χ2v) is 9.89. The number of benzene rings is 1. The number of anilines is 2. The third-order valence-corrected chi connectivity index (χ3v) is 6.86. The summed E-state index contributed by atoms with van der Waals surface area (Å²) in [4.78, 5) is 16.3. The van der Waals surface area contributed by atoms with Crippen molar-refractivity contribution in [2.75, 3.05) is 18.5 Å². The molecule has 32 heavy (non-hydrogen) atoms. The normalized spacial score (nSPS) is 16.2. The van der Waals surface area contributed by atoms with Gasteiger partial charge in [-0.05, 0) is 49.9 Å². The number of nitrogens with zero attached hydrogens (tertiary/aromatic N) is 3. The van der Waals surface area contributed by atoms with Crippen LogP contribution < -0.4 is 14.8 Å². The minimum Gasteiger partial charge on any atom is -0.476 e. The highest BCUT2D eigenvalue weighted by Crippen LogP contribution is 2.27. The summed E-state index contributed by atoms with van der Waals surface area (Å²) in [5.41, 5.74) is 1.76. The van der Waals surface area contributed by atoms with Crippen LogP contribution in [0.15, 0.2) is 35.5 Å². The van der Waals surface area contributed by atoms with E-state index in [1.807, 2.05) is 0 Å². The molecule has 0 bridgehead atoms. The summed E-state index contributed by atoms with van der Waals surface area (Å²) in [6.07, 6.45) is 6.90. The van der Waals surface area contributed by atoms with Gasteiger partial charge in [0.1, 0.15) is 5.52 Å². The molecule has 11 heteroatoms. The Morgan fingerprint density at radius 2 is 1.94 bits per heavy atom. The highest BCUT2D eigenvalue weighted by Gasteiger charge is 2.18. The number of aromatic nitrogens is 4. The Bertz CT molecular complexity index is 1140. The van der Waals surface area contributed by atoms with Gasteiger partial charge >= 0.3 is 0 Å². The zero-order valence-corrected chi connectivity index (χ0v) is 18.7. The van der Waals surface area contributed by atoms with E-state index < -0.39 is 16.1 Å². The van der Waals surface area contributed by atoms with Crippen LogP contribution in [-0.2, 0) is 10.0 Å². The van der Waals surface area contributed by atoms with Crippen LogP contribution in [0.3, 0.4) is 0 Å². The highest BCUT2D eigenvalue weighted by atomic mass is 32.2. The predicted octanol–water partition coefficient (Wildman–Crippen LogP) is 2.71. The minimum atomic E-state index is -3.69. The SMILES string of the molecule is CC(O)CNS(=O)(=O)c1ccc(Nc2nc(OCC3CCCCC3)c3[nH]cnc3n2)cc1. The van der Waals surface area contributed by atoms with E-state index in [1.165, 1.54) is 51.2 Å². The van der Waals surface area contributed by atoms with E-state index in [0.717, 1.165) is 0 Å². The van der Waals surface area contributed by atoms with Gasteiger partial charge in [-0.2, -0.15) is 9.97 Å². The Hall–Kier alpha value is -2.76. The summed E-state index contributed by atoms with van der Waals surface area (Å²) in [6.45, 7) is 2.07. The monoisotopic (exact) mass is 460 g/mol. The van der Waals surface area contributed by atoms with Crippen LogP contribution in [0.2, 0.25) is 0 Å². The number of aliphatic hydroxyl groups is 1. The molecule has 0 aliphatic heterocycles. The van der Waals surface area contributed by atoms with Gasteiger partial charge in [-0.3, -0.25) is 0 Å². The summed E-state index contributed by atoms with van der Waals surface area (Å²) < 4.78 is 32.9. The standard InChI is InChI=1S/C21H28N6O4S/c1-14(28)11-24-32(29,30)17-9-7-16(8-10-17)25-21-26-19-18(22-13-23-19)20(27-21)31-12-15-5-3-2-4-6-15/h7-10,13-15,24,28H,2-6,11-12H2,1H3,(H2,22,23,25,26,27). The van der Waals surface area contributed by atoms with Crippen molar-refractivity contribution in [3.8, 4) is 5.88 Å². The third-order valence-electron chi connectivity index (χ3n) is 5.42. The molecular formula is C21H28N6O4S. The van der Waals surface area contributed by atoms with Crippen molar-refractivity contribution in [3.63, 3.8) is 0 Å². The fourth-order valence-electron chi connectivity index (χ4n) is 3.68. The summed E-state index contributed by atoms with van der Waals surface area (Å²) in [5, 5.41) is 12.4. The summed E-state index contributed by atoms with van der Waals surface area (Å²) in [5.74, 6) is 1.29. The van der Waals surface area contributed by atoms with Gasteiger partial charge < -0.3 is 20.1 Å². The molecule has 1 atom stereocenters. The van der Waals surface area contributed by atoms with Crippen molar-refractivity contribution in [2.45, 2.75) is 50.0 Å². The topological polar surface area (TPSA) is 142 Å². The number of aromatic amines is 1. The average Bonchev–Trinajstić information content (AvgIpc) is 3.26. The van der Waals surface area contributed by atoms with Gasteiger partial charge in [0, 0.05) is 12.2 Å². The quantitative estimate of drug-likeness (QED) is 0.382. The molecule has 172 valence electrons. The number of sulfonamides is 1. The number of fused-ring (bicyclic) bond motifs is 1. The molecule has 4 N–H and O–H groups in total. The van der Waals surface area contributed by atoms with Crippen LogP contribution in [0.4, 0.5) is 11.6 Å². The van der Waals surface area contributed by atoms with Crippen LogP contribution in [0.25, 0.3) is 11.2 Å². The number of aliphatic hydroxyl groups excluding tert-OH is 1. The summed E-state index contributed by atoms with van der Waals surface area (Å²) in [6, 6.07) is 6.19. The fourth-order valence-corrected chi connectivity index (χ4v) is 4.80. The largest absolute Gasteiger partial charge is 0.476 e. The van der Waals surface area contributed by atoms with Gasteiger partial charge in [0.05, 0.1) is 23.9 Å². The molecule has 2 heterocycles. The molecule has 1 saturated carbocycles. The lowest BCUT2D eigenvalue weighted by Gasteiger charge is -2.21. The molecule has 0 radical (unpaired) electrons. The van der Waals surface area contributed by atoms with E-state index in [-0.39, 0.29) is 11.4 Å². The maximum absolute atomic E-state index is 12.3. The lowest BCUT2D eigenvalue weighted by Crippen LogP contribution is -2.30. The number of imidazole rings is 1. The van der Waals surface area contributed by atoms with Gasteiger partial charge in [0.25, 0.3) is 0 Å². The Labute approximate surface area is 186 Å². The van der Waals surface area contributed by atoms with Gasteiger partial charge in [-0.1, -0.05) is 19.3 Å². The fraction of sp³-hybridized carbons (Fsp3) is 0.476. The first-order valence-electron chi connectivity index (χ1n) is 10.8. The maximum atomic E-state index is 12.3. The van der Waals surface area contributed by atoms with E-state index in [9.17, 15) is 13.5 Å². The predicted molar refractivity (Wildman–Crippen MR) is 120 cm³/mol. The molecule has 10 nitrogen and oxygen atoms in total. The van der Waals surface area contributed by atoms with E-state index in [0.29, 0.717) is 41.2 Å². The zero-order chi connectivity index (χ0) is 22.6. The second kappa shape index (κ2) is 9.80. The maximum Gasteiger partial charge on any atom is 0.245 e. The molecule has 0 amide bonds. The summed E-state index contributed by atoms with van der Waals surface area (Å²) >= 11 is 0. The average molecular weight is 461 g/mol. The van der Waals surface area contributed by atoms with Gasteiger partial charge in [0.15, 0.2) is 5.65 Å². The molecule has 1 aliphatic rings. The van der Waals surface area contributed by atoms with Crippen molar-refractivity contribution in [2.24, 2.45) is 5.92 Å². The molecule has 4 rings (SSSR count). The van der Waals surface area contributed by atoms with Crippen LogP contribution >= 0.6 is 0 Å². The summed E-state index contributed by atoms with van der Waals surface area (Å²) in [7, 11) is -3.69. The number of H-pyrrole nitrogens is 1. The van der Waals surface area contributed by atoms with Gasteiger partial charge in [-0.15, -0.1) is 0 Å². The van der Waals surface area contributed by atoms with Crippen molar-refractivity contribution in [1.29, 1.82) is 0 Å². The molecule has 2 aromatic heterocycles. The number of hydrogen-bond acceptors (Lipinski definition) is 8. The molecule has 0 spiro atoms. The van der Waals surface area contributed by atoms with Crippen LogP contribution in [-0.4, -0.2) is 52.7 Å². The molecule has 1 fully saturated rings. The van der Waals surface area contributed by atoms with Gasteiger partial charge in [0.2, 0.25) is 21.9 Å². The molecule has 0 saturated heterocycles. The van der Waals surface area contributed by atoms with E-state index in [4.69, 9.17) is 4.74 Å². The smallest absolute Gasteiger partial charge is 0.245 e. The Balaban J connectivity index is 1.48.